The van der Waals surface area contributed by atoms with Gasteiger partial charge < -0.3 is 15.4 Å². The van der Waals surface area contributed by atoms with E-state index in [-0.39, 0.29) is 11.9 Å². The Labute approximate surface area is 130 Å². The fraction of sp³-hybridized carbons (Fsp3) is 0.278. The lowest BCUT2D eigenvalue weighted by atomic mass is 9.97. The lowest BCUT2D eigenvalue weighted by Crippen LogP contribution is -2.31. The molecule has 0 aromatic heterocycles. The highest BCUT2D eigenvalue weighted by molar-refractivity contribution is 5.95. The van der Waals surface area contributed by atoms with Crippen LogP contribution in [0.2, 0.25) is 0 Å². The molecule has 114 valence electrons. The van der Waals surface area contributed by atoms with Gasteiger partial charge in [0, 0.05) is 19.2 Å². The van der Waals surface area contributed by atoms with Crippen LogP contribution in [0.15, 0.2) is 48.5 Å². The third-order valence-corrected chi connectivity index (χ3v) is 4.05. The number of nitrogens with zero attached hydrogens (tertiary/aromatic N) is 1. The second kappa shape index (κ2) is 6.20. The van der Waals surface area contributed by atoms with Crippen LogP contribution in [0, 0.1) is 0 Å². The number of amides is 1. The first-order valence-electron chi connectivity index (χ1n) is 7.48. The van der Waals surface area contributed by atoms with E-state index in [9.17, 15) is 4.79 Å². The van der Waals surface area contributed by atoms with Crippen molar-refractivity contribution in [3.05, 3.63) is 59.7 Å². The molecule has 0 saturated heterocycles. The molecule has 1 amide bonds. The summed E-state index contributed by atoms with van der Waals surface area (Å²) in [5.41, 5.74) is 9.43. The molecule has 0 spiro atoms. The Morgan fingerprint density at radius 1 is 1.18 bits per heavy atom. The zero-order valence-corrected chi connectivity index (χ0v) is 12.7. The Balaban J connectivity index is 1.71. The molecule has 0 saturated carbocycles. The van der Waals surface area contributed by atoms with Crippen LogP contribution in [0.3, 0.4) is 0 Å². The van der Waals surface area contributed by atoms with Crippen LogP contribution < -0.4 is 15.4 Å². The van der Waals surface area contributed by atoms with Gasteiger partial charge in [-0.15, -0.1) is 0 Å². The molecule has 1 unspecified atom stereocenters. The van der Waals surface area contributed by atoms with Crippen molar-refractivity contribution in [3.63, 3.8) is 0 Å². The average Bonchev–Trinajstić information content (AvgIpc) is 2.56. The Bertz CT molecular complexity index is 670. The first kappa shape index (κ1) is 14.6. The molecule has 2 aromatic carbocycles. The number of anilines is 1. The summed E-state index contributed by atoms with van der Waals surface area (Å²) in [6, 6.07) is 15.5. The maximum atomic E-state index is 11.7. The zero-order chi connectivity index (χ0) is 15.5. The molecule has 4 heteroatoms. The monoisotopic (exact) mass is 296 g/mol. The summed E-state index contributed by atoms with van der Waals surface area (Å²) in [5.74, 6) is 0.984. The number of fused-ring (bicyclic) bond motifs is 1. The van der Waals surface area contributed by atoms with Gasteiger partial charge in [0.25, 0.3) is 0 Å². The Morgan fingerprint density at radius 3 is 2.73 bits per heavy atom. The Morgan fingerprint density at radius 2 is 1.95 bits per heavy atom. The summed E-state index contributed by atoms with van der Waals surface area (Å²) >= 11 is 0. The largest absolute Gasteiger partial charge is 0.492 e. The van der Waals surface area contributed by atoms with E-state index in [2.05, 4.69) is 6.07 Å². The fourth-order valence-electron chi connectivity index (χ4n) is 2.71. The summed E-state index contributed by atoms with van der Waals surface area (Å²) in [4.78, 5) is 13.4. The van der Waals surface area contributed by atoms with Gasteiger partial charge in [-0.25, -0.2) is 0 Å². The van der Waals surface area contributed by atoms with Gasteiger partial charge in [0.15, 0.2) is 0 Å². The van der Waals surface area contributed by atoms with Gasteiger partial charge in [-0.2, -0.15) is 0 Å². The molecular formula is C18H20N2O2. The summed E-state index contributed by atoms with van der Waals surface area (Å²) in [7, 11) is 1.82. The number of hydrogen-bond donors (Lipinski definition) is 1. The van der Waals surface area contributed by atoms with Gasteiger partial charge in [0.05, 0.1) is 6.04 Å². The minimum absolute atomic E-state index is 0.164. The van der Waals surface area contributed by atoms with Crippen LogP contribution in [0.25, 0.3) is 0 Å². The minimum Gasteiger partial charge on any atom is -0.492 e. The molecule has 1 atom stereocenters. The molecule has 2 N–H and O–H groups in total. The predicted octanol–water partition coefficient (Wildman–Crippen LogP) is 2.67. The van der Waals surface area contributed by atoms with Crippen molar-refractivity contribution in [2.45, 2.75) is 18.9 Å². The molecular weight excluding hydrogens is 276 g/mol. The Hall–Kier alpha value is -2.33. The van der Waals surface area contributed by atoms with E-state index < -0.39 is 0 Å². The van der Waals surface area contributed by atoms with E-state index in [1.54, 1.807) is 4.90 Å². The van der Waals surface area contributed by atoms with Crippen LogP contribution >= 0.6 is 0 Å². The summed E-state index contributed by atoms with van der Waals surface area (Å²) in [5, 5.41) is 0. The first-order chi connectivity index (χ1) is 10.6. The van der Waals surface area contributed by atoms with Crippen molar-refractivity contribution in [1.82, 2.24) is 0 Å². The second-order valence-electron chi connectivity index (χ2n) is 5.57. The molecule has 2 aromatic rings. The number of hydrogen-bond acceptors (Lipinski definition) is 3. The number of ether oxygens (including phenoxy) is 1. The molecule has 0 bridgehead atoms. The third kappa shape index (κ3) is 2.97. The van der Waals surface area contributed by atoms with E-state index in [1.165, 1.54) is 5.56 Å². The number of carbonyl (C=O) groups excluding carboxylic acids is 1. The number of rotatable bonds is 4. The molecule has 1 aliphatic heterocycles. The highest BCUT2D eigenvalue weighted by Crippen LogP contribution is 2.29. The van der Waals surface area contributed by atoms with Crippen molar-refractivity contribution in [3.8, 4) is 5.75 Å². The molecule has 0 radical (unpaired) electrons. The number of aryl methyl sites for hydroxylation is 1. The van der Waals surface area contributed by atoms with Gasteiger partial charge in [-0.1, -0.05) is 30.3 Å². The van der Waals surface area contributed by atoms with Gasteiger partial charge in [0.2, 0.25) is 5.91 Å². The topological polar surface area (TPSA) is 55.6 Å². The van der Waals surface area contributed by atoms with E-state index >= 15 is 0 Å². The summed E-state index contributed by atoms with van der Waals surface area (Å²) < 4.78 is 5.71. The highest BCUT2D eigenvalue weighted by Gasteiger charge is 2.21. The molecule has 0 aliphatic carbocycles. The molecule has 4 nitrogen and oxygen atoms in total. The standard InChI is InChI=1S/C18H20N2O2/c1-20-17-9-7-13(11-14(17)8-10-18(20)21)16(19)12-22-15-5-3-2-4-6-15/h2-7,9,11,16H,8,10,12,19H2,1H3. The Kier molecular flexibility index (Phi) is 4.11. The van der Waals surface area contributed by atoms with Crippen molar-refractivity contribution in [2.24, 2.45) is 5.73 Å². The number of para-hydroxylation sites is 1. The van der Waals surface area contributed by atoms with Crippen molar-refractivity contribution in [2.75, 3.05) is 18.6 Å². The maximum Gasteiger partial charge on any atom is 0.227 e. The van der Waals surface area contributed by atoms with E-state index in [4.69, 9.17) is 10.5 Å². The maximum absolute atomic E-state index is 11.7. The van der Waals surface area contributed by atoms with Crippen LogP contribution in [0.5, 0.6) is 5.75 Å². The lowest BCUT2D eigenvalue weighted by molar-refractivity contribution is -0.118. The first-order valence-corrected chi connectivity index (χ1v) is 7.48. The minimum atomic E-state index is -0.187. The third-order valence-electron chi connectivity index (χ3n) is 4.05. The van der Waals surface area contributed by atoms with Crippen LogP contribution in [-0.2, 0) is 11.2 Å². The second-order valence-corrected chi connectivity index (χ2v) is 5.57. The van der Waals surface area contributed by atoms with Crippen molar-refractivity contribution >= 4 is 11.6 Å². The number of benzene rings is 2. The highest BCUT2D eigenvalue weighted by atomic mass is 16.5. The van der Waals surface area contributed by atoms with E-state index in [1.807, 2.05) is 49.5 Å². The molecule has 0 fully saturated rings. The number of carbonyl (C=O) groups is 1. The summed E-state index contributed by atoms with van der Waals surface area (Å²) in [6.45, 7) is 0.428. The predicted molar refractivity (Wildman–Crippen MR) is 87.0 cm³/mol. The SMILES string of the molecule is CN1C(=O)CCc2cc(C(N)COc3ccccc3)ccc21. The van der Waals surface area contributed by atoms with E-state index in [0.717, 1.165) is 23.4 Å². The van der Waals surface area contributed by atoms with Gasteiger partial charge in [-0.05, 0) is 35.7 Å². The summed E-state index contributed by atoms with van der Waals surface area (Å²) in [6.07, 6.45) is 1.33. The van der Waals surface area contributed by atoms with Gasteiger partial charge in [0.1, 0.15) is 12.4 Å². The molecule has 3 rings (SSSR count). The smallest absolute Gasteiger partial charge is 0.227 e. The van der Waals surface area contributed by atoms with Crippen LogP contribution in [0.4, 0.5) is 5.69 Å². The molecule has 1 heterocycles. The van der Waals surface area contributed by atoms with Crippen molar-refractivity contribution in [1.29, 1.82) is 0 Å². The van der Waals surface area contributed by atoms with E-state index in [0.29, 0.717) is 13.0 Å². The quantitative estimate of drug-likeness (QED) is 0.943. The average molecular weight is 296 g/mol. The zero-order valence-electron chi connectivity index (χ0n) is 12.7. The molecule has 22 heavy (non-hydrogen) atoms. The van der Waals surface area contributed by atoms with Crippen molar-refractivity contribution < 1.29 is 9.53 Å². The van der Waals surface area contributed by atoms with Crippen LogP contribution in [0.1, 0.15) is 23.6 Å². The molecule has 1 aliphatic rings. The lowest BCUT2D eigenvalue weighted by Gasteiger charge is -2.26. The normalized spacial score (nSPS) is 15.4. The van der Waals surface area contributed by atoms with Gasteiger partial charge >= 0.3 is 0 Å². The van der Waals surface area contributed by atoms with Gasteiger partial charge in [-0.3, -0.25) is 4.79 Å². The number of nitrogens with two attached hydrogens (primary N) is 1. The van der Waals surface area contributed by atoms with Crippen LogP contribution in [-0.4, -0.2) is 19.6 Å². The fourth-order valence-corrected chi connectivity index (χ4v) is 2.71.